The van der Waals surface area contributed by atoms with Gasteiger partial charge < -0.3 is 0 Å². The Balaban J connectivity index is 1.61. The van der Waals surface area contributed by atoms with Crippen molar-refractivity contribution in [3.05, 3.63) is 108 Å². The van der Waals surface area contributed by atoms with E-state index in [4.69, 9.17) is 5.84 Å². The zero-order valence-corrected chi connectivity index (χ0v) is 16.8. The molecule has 0 saturated carbocycles. The molecule has 1 aliphatic carbocycles. The van der Waals surface area contributed by atoms with Gasteiger partial charge in [0.1, 0.15) is 0 Å². The highest BCUT2D eigenvalue weighted by atomic mass is 15.4. The first-order valence-electron chi connectivity index (χ1n) is 10.0. The van der Waals surface area contributed by atoms with E-state index in [0.717, 1.165) is 22.5 Å². The summed E-state index contributed by atoms with van der Waals surface area (Å²) in [7, 11) is 0. The summed E-state index contributed by atoms with van der Waals surface area (Å²) < 4.78 is 0. The molecule has 0 atom stereocenters. The first-order chi connectivity index (χ1) is 14.1. The first-order valence-corrected chi connectivity index (χ1v) is 10.0. The number of hydrogen-bond donors (Lipinski definition) is 1. The van der Waals surface area contributed by atoms with E-state index in [9.17, 15) is 0 Å². The van der Waals surface area contributed by atoms with Gasteiger partial charge in [-0.05, 0) is 46.0 Å². The minimum Gasteiger partial charge on any atom is -0.279 e. The van der Waals surface area contributed by atoms with Gasteiger partial charge in [0.2, 0.25) is 0 Å². The molecule has 4 aromatic carbocycles. The van der Waals surface area contributed by atoms with Gasteiger partial charge in [-0.25, -0.2) is 5.84 Å². The first kappa shape index (κ1) is 17.7. The van der Waals surface area contributed by atoms with Crippen LogP contribution in [0.4, 0.5) is 11.4 Å². The number of rotatable bonds is 3. The molecule has 29 heavy (non-hydrogen) atoms. The van der Waals surface area contributed by atoms with Crippen LogP contribution in [-0.4, -0.2) is 0 Å². The van der Waals surface area contributed by atoms with Crippen LogP contribution in [0.3, 0.4) is 0 Å². The molecule has 2 nitrogen and oxygen atoms in total. The largest absolute Gasteiger partial charge is 0.279 e. The van der Waals surface area contributed by atoms with Crippen molar-refractivity contribution in [3.8, 4) is 22.3 Å². The molecule has 142 valence electrons. The molecule has 0 spiro atoms. The molecule has 0 unspecified atom stereocenters. The molecule has 0 amide bonds. The van der Waals surface area contributed by atoms with Crippen molar-refractivity contribution in [3.63, 3.8) is 0 Å². The van der Waals surface area contributed by atoms with E-state index < -0.39 is 0 Å². The average molecular weight is 377 g/mol. The second-order valence-corrected chi connectivity index (χ2v) is 8.15. The fourth-order valence-corrected chi connectivity index (χ4v) is 4.53. The molecule has 0 saturated heterocycles. The van der Waals surface area contributed by atoms with Crippen LogP contribution in [0.2, 0.25) is 0 Å². The van der Waals surface area contributed by atoms with Crippen molar-refractivity contribution in [2.75, 3.05) is 5.01 Å². The molecule has 0 fully saturated rings. The second kappa shape index (κ2) is 6.61. The van der Waals surface area contributed by atoms with Crippen LogP contribution in [0.15, 0.2) is 97.1 Å². The van der Waals surface area contributed by atoms with Gasteiger partial charge >= 0.3 is 0 Å². The predicted octanol–water partition coefficient (Wildman–Crippen LogP) is 6.67. The maximum atomic E-state index is 6.68. The standard InChI is InChI=1S/C27H24N2/c1-27(2)24-14-8-6-13-22(24)23-17-16-20(18-25(23)27)29(28)26-15-9-7-12-21(26)19-10-4-3-5-11-19/h3-18H,28H2,1-2H3. The fraction of sp³-hybridized carbons (Fsp3) is 0.111. The summed E-state index contributed by atoms with van der Waals surface area (Å²) in [5, 5.41) is 1.81. The molecule has 2 N–H and O–H groups in total. The summed E-state index contributed by atoms with van der Waals surface area (Å²) in [4.78, 5) is 0. The summed E-state index contributed by atoms with van der Waals surface area (Å²) in [6, 6.07) is 34.0. The van der Waals surface area contributed by atoms with E-state index in [1.807, 2.05) is 17.1 Å². The summed E-state index contributed by atoms with van der Waals surface area (Å²) in [6.45, 7) is 4.58. The highest BCUT2D eigenvalue weighted by molar-refractivity contribution is 5.85. The predicted molar refractivity (Wildman–Crippen MR) is 122 cm³/mol. The lowest BCUT2D eigenvalue weighted by molar-refractivity contribution is 0.660. The van der Waals surface area contributed by atoms with Gasteiger partial charge in [0, 0.05) is 11.0 Å². The molecule has 1 aliphatic rings. The molecule has 2 heteroatoms. The molecular formula is C27H24N2. The summed E-state index contributed by atoms with van der Waals surface area (Å²) in [5.41, 5.74) is 9.56. The Kier molecular flexibility index (Phi) is 4.04. The van der Waals surface area contributed by atoms with Gasteiger partial charge in [0.25, 0.3) is 0 Å². The Morgan fingerprint density at radius 2 is 1.24 bits per heavy atom. The lowest BCUT2D eigenvalue weighted by Gasteiger charge is -2.26. The quantitative estimate of drug-likeness (QED) is 0.319. The van der Waals surface area contributed by atoms with Crippen LogP contribution in [0.5, 0.6) is 0 Å². The number of hydrazine groups is 1. The minimum atomic E-state index is -0.0400. The maximum absolute atomic E-state index is 6.68. The number of hydrogen-bond acceptors (Lipinski definition) is 2. The molecule has 0 radical (unpaired) electrons. The third-order valence-electron chi connectivity index (χ3n) is 6.09. The summed E-state index contributed by atoms with van der Waals surface area (Å²) in [6.07, 6.45) is 0. The number of anilines is 2. The van der Waals surface area contributed by atoms with Crippen LogP contribution in [-0.2, 0) is 5.41 Å². The van der Waals surface area contributed by atoms with Gasteiger partial charge in [-0.2, -0.15) is 0 Å². The van der Waals surface area contributed by atoms with Crippen molar-refractivity contribution >= 4 is 11.4 Å². The van der Waals surface area contributed by atoms with Crippen molar-refractivity contribution in [1.82, 2.24) is 0 Å². The van der Waals surface area contributed by atoms with Gasteiger partial charge in [-0.3, -0.25) is 5.01 Å². The van der Waals surface area contributed by atoms with Crippen LogP contribution in [0.1, 0.15) is 25.0 Å². The molecular weight excluding hydrogens is 352 g/mol. The Hall–Kier alpha value is -3.36. The van der Waals surface area contributed by atoms with Crippen molar-refractivity contribution < 1.29 is 0 Å². The van der Waals surface area contributed by atoms with Gasteiger partial charge in [0.05, 0.1) is 11.4 Å². The average Bonchev–Trinajstić information content (AvgIpc) is 3.01. The zero-order chi connectivity index (χ0) is 20.0. The number of nitrogens with two attached hydrogens (primary N) is 1. The normalized spacial score (nSPS) is 13.6. The number of benzene rings is 4. The highest BCUT2D eigenvalue weighted by Gasteiger charge is 2.35. The third-order valence-corrected chi connectivity index (χ3v) is 6.09. The molecule has 5 rings (SSSR count). The van der Waals surface area contributed by atoms with E-state index in [-0.39, 0.29) is 5.41 Å². The van der Waals surface area contributed by atoms with Gasteiger partial charge in [-0.1, -0.05) is 92.7 Å². The summed E-state index contributed by atoms with van der Waals surface area (Å²) in [5.74, 6) is 6.68. The van der Waals surface area contributed by atoms with Crippen LogP contribution in [0, 0.1) is 0 Å². The highest BCUT2D eigenvalue weighted by Crippen LogP contribution is 2.49. The third kappa shape index (κ3) is 2.76. The molecule has 4 aromatic rings. The molecule has 0 heterocycles. The molecule has 0 aliphatic heterocycles. The van der Waals surface area contributed by atoms with E-state index in [1.165, 1.54) is 22.3 Å². The lowest BCUT2D eigenvalue weighted by atomic mass is 9.82. The number of nitrogens with zero attached hydrogens (tertiary/aromatic N) is 1. The minimum absolute atomic E-state index is 0.0400. The Bertz CT molecular complexity index is 1190. The fourth-order valence-electron chi connectivity index (χ4n) is 4.53. The summed E-state index contributed by atoms with van der Waals surface area (Å²) >= 11 is 0. The Morgan fingerprint density at radius 3 is 2.03 bits per heavy atom. The van der Waals surface area contributed by atoms with Crippen molar-refractivity contribution in [1.29, 1.82) is 0 Å². The topological polar surface area (TPSA) is 29.3 Å². The van der Waals surface area contributed by atoms with Crippen LogP contribution >= 0.6 is 0 Å². The smallest absolute Gasteiger partial charge is 0.0653 e. The monoisotopic (exact) mass is 376 g/mol. The van der Waals surface area contributed by atoms with E-state index in [2.05, 4.69) is 98.8 Å². The van der Waals surface area contributed by atoms with Crippen LogP contribution in [0.25, 0.3) is 22.3 Å². The van der Waals surface area contributed by atoms with Crippen LogP contribution < -0.4 is 10.9 Å². The Morgan fingerprint density at radius 1 is 0.621 bits per heavy atom. The van der Waals surface area contributed by atoms with Gasteiger partial charge in [-0.15, -0.1) is 0 Å². The molecule has 0 bridgehead atoms. The number of fused-ring (bicyclic) bond motifs is 3. The zero-order valence-electron chi connectivity index (χ0n) is 16.8. The van der Waals surface area contributed by atoms with Crippen molar-refractivity contribution in [2.45, 2.75) is 19.3 Å². The maximum Gasteiger partial charge on any atom is 0.0653 e. The van der Waals surface area contributed by atoms with E-state index in [1.54, 1.807) is 0 Å². The second-order valence-electron chi connectivity index (χ2n) is 8.15. The van der Waals surface area contributed by atoms with Gasteiger partial charge in [0.15, 0.2) is 0 Å². The lowest BCUT2D eigenvalue weighted by Crippen LogP contribution is -2.26. The van der Waals surface area contributed by atoms with E-state index in [0.29, 0.717) is 0 Å². The SMILES string of the molecule is CC1(C)c2ccccc2-c2ccc(N(N)c3ccccc3-c3ccccc3)cc21. The van der Waals surface area contributed by atoms with E-state index >= 15 is 0 Å². The Labute approximate surface area is 172 Å². The number of para-hydroxylation sites is 1. The van der Waals surface area contributed by atoms with Crippen molar-refractivity contribution in [2.24, 2.45) is 5.84 Å². The molecule has 0 aromatic heterocycles.